The molecular formula is C51H42N4O. The van der Waals surface area contributed by atoms with Crippen LogP contribution in [0.3, 0.4) is 0 Å². The van der Waals surface area contributed by atoms with Gasteiger partial charge in [0, 0.05) is 27.5 Å². The quantitative estimate of drug-likeness (QED) is 0.170. The Bertz CT molecular complexity index is 2780. The molecule has 8 aromatic rings. The van der Waals surface area contributed by atoms with E-state index in [1.54, 1.807) is 6.07 Å². The summed E-state index contributed by atoms with van der Waals surface area (Å²) in [5.41, 5.74) is 11.1. The fraction of sp³-hybridized carbons (Fsp3) is 0.216. The molecule has 0 radical (unpaired) electrons. The standard InChI is InChI=1S/C51H42N4O/c1-32-23-35-24-33(2)29-51(28-32,30-35)41-19-16-36(17-20-41)42-13-6-7-14-43(42)50-54-48(37-9-4-3-5-10-37)53-49(55-50)40-12-8-11-38(26-40)39-18-22-47-45(27-39)44-25-34(31-52)15-21-46(44)56-47/h3-22,25-27,32-33,35H,23-24,28-30H2,1-2H3/t32-,33?,35-,51?/m0/s1. The van der Waals surface area contributed by atoms with Crippen LogP contribution < -0.4 is 0 Å². The summed E-state index contributed by atoms with van der Waals surface area (Å²) in [6.45, 7) is 4.91. The Kier molecular flexibility index (Phi) is 8.37. The van der Waals surface area contributed by atoms with E-state index in [0.29, 0.717) is 28.5 Å². The third-order valence-electron chi connectivity index (χ3n) is 12.3. The van der Waals surface area contributed by atoms with Crippen LogP contribution in [0.1, 0.15) is 57.1 Å². The Morgan fingerprint density at radius 2 is 1.12 bits per heavy atom. The Labute approximate surface area is 327 Å². The second-order valence-electron chi connectivity index (χ2n) is 16.5. The molecule has 0 amide bonds. The van der Waals surface area contributed by atoms with Crippen LogP contribution in [0.15, 0.2) is 144 Å². The molecule has 2 heterocycles. The number of hydrogen-bond donors (Lipinski definition) is 0. The molecule has 2 fully saturated rings. The monoisotopic (exact) mass is 726 g/mol. The molecule has 0 N–H and O–H groups in total. The molecule has 4 atom stereocenters. The van der Waals surface area contributed by atoms with Crippen molar-refractivity contribution in [3.8, 4) is 62.5 Å². The van der Waals surface area contributed by atoms with E-state index in [0.717, 1.165) is 73.1 Å². The van der Waals surface area contributed by atoms with Crippen LogP contribution >= 0.6 is 0 Å². The zero-order valence-electron chi connectivity index (χ0n) is 31.7. The van der Waals surface area contributed by atoms with Crippen LogP contribution in [-0.4, -0.2) is 15.0 Å². The summed E-state index contributed by atoms with van der Waals surface area (Å²) in [6.07, 6.45) is 6.67. The maximum absolute atomic E-state index is 9.53. The van der Waals surface area contributed by atoms with Crippen LogP contribution in [0, 0.1) is 29.1 Å². The average molecular weight is 727 g/mol. The number of benzene rings is 6. The molecule has 0 aliphatic heterocycles. The molecule has 0 saturated heterocycles. The van der Waals surface area contributed by atoms with E-state index in [9.17, 15) is 5.26 Å². The van der Waals surface area contributed by atoms with Gasteiger partial charge in [-0.3, -0.25) is 0 Å². The van der Waals surface area contributed by atoms with Gasteiger partial charge in [0.15, 0.2) is 17.5 Å². The third kappa shape index (κ3) is 6.16. The van der Waals surface area contributed by atoms with Crippen LogP contribution in [-0.2, 0) is 5.41 Å². The minimum atomic E-state index is 0.291. The number of furan rings is 1. The van der Waals surface area contributed by atoms with Gasteiger partial charge >= 0.3 is 0 Å². The highest BCUT2D eigenvalue weighted by atomic mass is 16.3. The van der Waals surface area contributed by atoms with E-state index < -0.39 is 0 Å². The fourth-order valence-electron chi connectivity index (χ4n) is 10.2. The summed E-state index contributed by atoms with van der Waals surface area (Å²) in [7, 11) is 0. The minimum absolute atomic E-state index is 0.291. The van der Waals surface area contributed by atoms with Crippen molar-refractivity contribution in [2.45, 2.75) is 51.4 Å². The lowest BCUT2D eigenvalue weighted by Crippen LogP contribution is -2.42. The maximum atomic E-state index is 9.53. The SMILES string of the molecule is CC1C[C@@H]2C[C@H](C)CC(c3ccc(-c4ccccc4-c4nc(-c5ccccc5)nc(-c5cccc(-c6ccc7oc8ccc(C#N)cc8c7c6)c5)n4)cc3)(C1)C2. The summed E-state index contributed by atoms with van der Waals surface area (Å²) in [6, 6.07) is 50.5. The predicted molar refractivity (Wildman–Crippen MR) is 226 cm³/mol. The van der Waals surface area contributed by atoms with Crippen LogP contribution in [0.25, 0.3) is 78.4 Å². The molecule has 2 bridgehead atoms. The van der Waals surface area contributed by atoms with E-state index >= 15 is 0 Å². The average Bonchev–Trinajstić information content (AvgIpc) is 3.60. The summed E-state index contributed by atoms with van der Waals surface area (Å²) in [4.78, 5) is 15.4. The van der Waals surface area contributed by atoms with E-state index in [1.807, 2.05) is 48.5 Å². The Hall–Kier alpha value is -6.38. The Balaban J connectivity index is 1.05. The molecule has 10 rings (SSSR count). The van der Waals surface area contributed by atoms with Gasteiger partial charge in [0.05, 0.1) is 11.6 Å². The molecule has 2 aliphatic carbocycles. The first-order valence-electron chi connectivity index (χ1n) is 19.9. The van der Waals surface area contributed by atoms with E-state index in [4.69, 9.17) is 19.4 Å². The largest absolute Gasteiger partial charge is 0.456 e. The van der Waals surface area contributed by atoms with Gasteiger partial charge in [0.25, 0.3) is 0 Å². The van der Waals surface area contributed by atoms with E-state index in [1.165, 1.54) is 43.2 Å². The van der Waals surface area contributed by atoms with Crippen LogP contribution in [0.2, 0.25) is 0 Å². The number of rotatable bonds is 6. The van der Waals surface area contributed by atoms with Gasteiger partial charge in [0.1, 0.15) is 11.2 Å². The molecule has 2 aliphatic rings. The van der Waals surface area contributed by atoms with Crippen molar-refractivity contribution >= 4 is 21.9 Å². The van der Waals surface area contributed by atoms with Crippen molar-refractivity contribution < 1.29 is 4.42 Å². The van der Waals surface area contributed by atoms with E-state index in [-0.39, 0.29) is 0 Å². The molecule has 272 valence electrons. The molecule has 5 nitrogen and oxygen atoms in total. The molecule has 2 aromatic heterocycles. The lowest BCUT2D eigenvalue weighted by molar-refractivity contribution is 0.0780. The van der Waals surface area contributed by atoms with Gasteiger partial charge in [-0.25, -0.2) is 15.0 Å². The molecule has 5 heteroatoms. The Morgan fingerprint density at radius 3 is 1.88 bits per heavy atom. The van der Waals surface area contributed by atoms with Crippen molar-refractivity contribution in [2.75, 3.05) is 0 Å². The first-order valence-corrected chi connectivity index (χ1v) is 19.9. The van der Waals surface area contributed by atoms with Gasteiger partial charge in [-0.2, -0.15) is 5.26 Å². The number of fused-ring (bicyclic) bond motifs is 5. The highest BCUT2D eigenvalue weighted by Crippen LogP contribution is 2.54. The first-order chi connectivity index (χ1) is 27.4. The lowest BCUT2D eigenvalue weighted by atomic mass is 9.54. The third-order valence-corrected chi connectivity index (χ3v) is 12.3. The summed E-state index contributed by atoms with van der Waals surface area (Å²) < 4.78 is 6.11. The minimum Gasteiger partial charge on any atom is -0.456 e. The molecule has 2 saturated carbocycles. The predicted octanol–water partition coefficient (Wildman–Crippen LogP) is 13.1. The summed E-state index contributed by atoms with van der Waals surface area (Å²) >= 11 is 0. The highest BCUT2D eigenvalue weighted by molar-refractivity contribution is 6.06. The second-order valence-corrected chi connectivity index (χ2v) is 16.5. The van der Waals surface area contributed by atoms with Gasteiger partial charge in [-0.15, -0.1) is 0 Å². The topological polar surface area (TPSA) is 75.6 Å². The van der Waals surface area contributed by atoms with Crippen molar-refractivity contribution in [1.82, 2.24) is 15.0 Å². The molecule has 56 heavy (non-hydrogen) atoms. The van der Waals surface area contributed by atoms with Crippen molar-refractivity contribution in [3.05, 3.63) is 151 Å². The fourth-order valence-corrected chi connectivity index (χ4v) is 10.2. The number of nitriles is 1. The van der Waals surface area contributed by atoms with Gasteiger partial charge in [-0.05, 0) is 119 Å². The highest BCUT2D eigenvalue weighted by Gasteiger charge is 2.45. The lowest BCUT2D eigenvalue weighted by Gasteiger charge is -2.50. The number of hydrogen-bond acceptors (Lipinski definition) is 5. The molecule has 2 unspecified atom stereocenters. The maximum Gasteiger partial charge on any atom is 0.164 e. The number of nitrogens with zero attached hydrogens (tertiary/aromatic N) is 4. The first kappa shape index (κ1) is 34.1. The van der Waals surface area contributed by atoms with Crippen LogP contribution in [0.4, 0.5) is 0 Å². The molecular weight excluding hydrogens is 685 g/mol. The van der Waals surface area contributed by atoms with Crippen molar-refractivity contribution in [2.24, 2.45) is 17.8 Å². The molecule has 6 aromatic carbocycles. The van der Waals surface area contributed by atoms with Gasteiger partial charge < -0.3 is 4.42 Å². The van der Waals surface area contributed by atoms with Gasteiger partial charge in [-0.1, -0.05) is 117 Å². The summed E-state index contributed by atoms with van der Waals surface area (Å²) in [5, 5.41) is 11.4. The van der Waals surface area contributed by atoms with Crippen molar-refractivity contribution in [1.29, 1.82) is 5.26 Å². The number of aromatic nitrogens is 3. The Morgan fingerprint density at radius 1 is 0.536 bits per heavy atom. The van der Waals surface area contributed by atoms with Gasteiger partial charge in [0.2, 0.25) is 0 Å². The normalized spacial score (nSPS) is 20.6. The van der Waals surface area contributed by atoms with E-state index in [2.05, 4.69) is 105 Å². The zero-order chi connectivity index (χ0) is 37.8. The second kappa shape index (κ2) is 13.7. The molecule has 0 spiro atoms. The smallest absolute Gasteiger partial charge is 0.164 e. The summed E-state index contributed by atoms with van der Waals surface area (Å²) in [5.74, 6) is 4.28. The van der Waals surface area contributed by atoms with Crippen molar-refractivity contribution in [3.63, 3.8) is 0 Å². The zero-order valence-corrected chi connectivity index (χ0v) is 31.7. The van der Waals surface area contributed by atoms with Crippen LogP contribution in [0.5, 0.6) is 0 Å².